The van der Waals surface area contributed by atoms with E-state index in [1.807, 2.05) is 42.5 Å². The van der Waals surface area contributed by atoms with Crippen LogP contribution in [-0.2, 0) is 13.2 Å². The summed E-state index contributed by atoms with van der Waals surface area (Å²) < 4.78 is 17.8. The van der Waals surface area contributed by atoms with Crippen molar-refractivity contribution in [2.75, 3.05) is 14.2 Å². The lowest BCUT2D eigenvalue weighted by molar-refractivity contribution is 0.282. The van der Waals surface area contributed by atoms with Gasteiger partial charge >= 0.3 is 0 Å². The number of halogens is 3. The molecule has 0 unspecified atom stereocenters. The number of methoxy groups -OCH3 is 2. The number of nitrogens with one attached hydrogen (secondary N) is 1. The monoisotopic (exact) mass is 570 g/mol. The molecule has 3 rings (SSSR count). The van der Waals surface area contributed by atoms with Crippen molar-refractivity contribution in [3.63, 3.8) is 0 Å². The second-order valence-electron chi connectivity index (χ2n) is 6.46. The average Bonchev–Trinajstić information content (AvgIpc) is 2.77. The molecule has 0 saturated heterocycles. The molecule has 0 heterocycles. The van der Waals surface area contributed by atoms with Gasteiger partial charge in [0.05, 0.1) is 30.5 Å². The van der Waals surface area contributed by atoms with Crippen LogP contribution in [0.4, 0.5) is 0 Å². The Morgan fingerprint density at radius 2 is 1.74 bits per heavy atom. The molecule has 162 valence electrons. The minimum atomic E-state index is 0.302. The van der Waals surface area contributed by atoms with E-state index in [9.17, 15) is 0 Å². The first-order valence-corrected chi connectivity index (χ1v) is 11.2. The first-order valence-electron chi connectivity index (χ1n) is 9.34. The fourth-order valence-corrected chi connectivity index (χ4v) is 4.09. The van der Waals surface area contributed by atoms with E-state index >= 15 is 0 Å². The maximum atomic E-state index is 6.24. The van der Waals surface area contributed by atoms with E-state index in [1.54, 1.807) is 32.6 Å². The molecule has 5 nitrogen and oxygen atoms in total. The Hall–Kier alpha value is -2.16. The average molecular weight is 571 g/mol. The smallest absolute Gasteiger partial charge is 0.174 e. The van der Waals surface area contributed by atoms with Crippen LogP contribution in [-0.4, -0.2) is 20.4 Å². The normalized spacial score (nSPS) is 10.9. The largest absolute Gasteiger partial charge is 0.496 e. The van der Waals surface area contributed by atoms with Gasteiger partial charge in [-0.25, -0.2) is 0 Å². The summed E-state index contributed by atoms with van der Waals surface area (Å²) in [5, 5.41) is 5.46. The molecule has 8 heteroatoms. The first-order chi connectivity index (χ1) is 15.0. The summed E-state index contributed by atoms with van der Waals surface area (Å²) in [5.74, 6) is 2.08. The lowest BCUT2D eigenvalue weighted by Crippen LogP contribution is -2.07. The van der Waals surface area contributed by atoms with E-state index < -0.39 is 0 Å². The number of para-hydroxylation sites is 1. The van der Waals surface area contributed by atoms with Gasteiger partial charge in [0, 0.05) is 21.2 Å². The molecule has 0 fully saturated rings. The molecule has 0 amide bonds. The summed E-state index contributed by atoms with van der Waals surface area (Å²) in [6.07, 6.45) is 1.74. The fraction of sp³-hybridized carbons (Fsp3) is 0.174. The van der Waals surface area contributed by atoms with Crippen LogP contribution in [0.2, 0.25) is 10.0 Å². The Balaban J connectivity index is 1.67. The molecule has 0 aliphatic heterocycles. The first kappa shape index (κ1) is 23.5. The zero-order valence-electron chi connectivity index (χ0n) is 17.0. The van der Waals surface area contributed by atoms with Crippen LogP contribution in [0.1, 0.15) is 16.7 Å². The van der Waals surface area contributed by atoms with Crippen LogP contribution in [0.15, 0.2) is 59.7 Å². The van der Waals surface area contributed by atoms with Crippen LogP contribution in [0, 0.1) is 3.57 Å². The summed E-state index contributed by atoms with van der Waals surface area (Å²) in [6.45, 7) is 0.855. The van der Waals surface area contributed by atoms with Gasteiger partial charge in [-0.1, -0.05) is 47.5 Å². The number of rotatable bonds is 9. The van der Waals surface area contributed by atoms with Crippen molar-refractivity contribution in [3.8, 4) is 17.2 Å². The summed E-state index contributed by atoms with van der Waals surface area (Å²) in [4.78, 5) is 0. The molecule has 0 saturated carbocycles. The maximum absolute atomic E-state index is 6.24. The molecule has 0 bridgehead atoms. The number of hydrazone groups is 1. The Labute approximate surface area is 205 Å². The predicted octanol–water partition coefficient (Wildman–Crippen LogP) is 6.32. The fourth-order valence-electron chi connectivity index (χ4n) is 2.84. The van der Waals surface area contributed by atoms with Crippen LogP contribution in [0.3, 0.4) is 0 Å². The van der Waals surface area contributed by atoms with Crippen molar-refractivity contribution in [2.24, 2.45) is 5.10 Å². The second-order valence-corrected chi connectivity index (χ2v) is 8.47. The van der Waals surface area contributed by atoms with E-state index in [-0.39, 0.29) is 0 Å². The van der Waals surface area contributed by atoms with Gasteiger partial charge in [-0.2, -0.15) is 5.10 Å². The minimum Gasteiger partial charge on any atom is -0.496 e. The highest BCUT2D eigenvalue weighted by Gasteiger charge is 2.12. The molecule has 0 spiro atoms. The van der Waals surface area contributed by atoms with Gasteiger partial charge in [0.2, 0.25) is 0 Å². The Morgan fingerprint density at radius 1 is 0.968 bits per heavy atom. The van der Waals surface area contributed by atoms with Crippen molar-refractivity contribution >= 4 is 52.0 Å². The molecule has 3 aromatic carbocycles. The topological polar surface area (TPSA) is 52.1 Å². The summed E-state index contributed by atoms with van der Waals surface area (Å²) in [5.41, 5.74) is 5.79. The van der Waals surface area contributed by atoms with E-state index in [2.05, 4.69) is 33.1 Å². The molecule has 1 N–H and O–H groups in total. The molecule has 0 aliphatic rings. The highest BCUT2D eigenvalue weighted by Crippen LogP contribution is 2.35. The lowest BCUT2D eigenvalue weighted by atomic mass is 10.2. The number of hydrogen-bond donors (Lipinski definition) is 1. The Kier molecular flexibility index (Phi) is 8.69. The third-order valence-corrected chi connectivity index (χ3v) is 5.79. The Bertz CT molecular complexity index is 1080. The number of nitrogens with zero attached hydrogens (tertiary/aromatic N) is 1. The quantitative estimate of drug-likeness (QED) is 0.186. The van der Waals surface area contributed by atoms with Gasteiger partial charge in [0.25, 0.3) is 0 Å². The maximum Gasteiger partial charge on any atom is 0.174 e. The SMILES string of the molecule is COc1ccccc1CN/N=C\c1cc(I)c(OCc2ccc(Cl)cc2Cl)c(OC)c1. The lowest BCUT2D eigenvalue weighted by Gasteiger charge is -2.14. The summed E-state index contributed by atoms with van der Waals surface area (Å²) in [7, 11) is 3.26. The zero-order valence-corrected chi connectivity index (χ0v) is 20.7. The molecule has 0 atom stereocenters. The van der Waals surface area contributed by atoms with Gasteiger partial charge in [-0.3, -0.25) is 0 Å². The molecular weight excluding hydrogens is 550 g/mol. The van der Waals surface area contributed by atoms with Crippen molar-refractivity contribution in [1.82, 2.24) is 5.43 Å². The van der Waals surface area contributed by atoms with Gasteiger partial charge < -0.3 is 19.6 Å². The van der Waals surface area contributed by atoms with Crippen LogP contribution >= 0.6 is 45.8 Å². The molecule has 31 heavy (non-hydrogen) atoms. The second kappa shape index (κ2) is 11.5. The highest BCUT2D eigenvalue weighted by atomic mass is 127. The van der Waals surface area contributed by atoms with E-state index in [1.165, 1.54) is 0 Å². The van der Waals surface area contributed by atoms with Gasteiger partial charge in [-0.05, 0) is 58.5 Å². The van der Waals surface area contributed by atoms with Crippen LogP contribution in [0.25, 0.3) is 0 Å². The van der Waals surface area contributed by atoms with Crippen LogP contribution in [0.5, 0.6) is 17.2 Å². The van der Waals surface area contributed by atoms with Crippen molar-refractivity contribution in [3.05, 3.63) is 84.9 Å². The Morgan fingerprint density at radius 3 is 2.48 bits per heavy atom. The van der Waals surface area contributed by atoms with Crippen molar-refractivity contribution in [1.29, 1.82) is 0 Å². The summed E-state index contributed by atoms with van der Waals surface area (Å²) in [6, 6.07) is 17.0. The highest BCUT2D eigenvalue weighted by molar-refractivity contribution is 14.1. The predicted molar refractivity (Wildman–Crippen MR) is 134 cm³/mol. The molecular formula is C23H21Cl2IN2O3. The van der Waals surface area contributed by atoms with Gasteiger partial charge in [-0.15, -0.1) is 0 Å². The standard InChI is InChI=1S/C23H21Cl2IN2O3/c1-29-21-6-4-3-5-16(21)13-28-27-12-15-9-20(26)23(22(10-15)30-2)31-14-17-7-8-18(24)11-19(17)25/h3-12,28H,13-14H2,1-2H3/b27-12-. The molecule has 0 aromatic heterocycles. The number of benzene rings is 3. The molecule has 0 aliphatic carbocycles. The van der Waals surface area contributed by atoms with Crippen molar-refractivity contribution < 1.29 is 14.2 Å². The van der Waals surface area contributed by atoms with E-state index in [4.69, 9.17) is 37.4 Å². The van der Waals surface area contributed by atoms with Gasteiger partial charge in [0.1, 0.15) is 12.4 Å². The third-order valence-electron chi connectivity index (χ3n) is 4.41. The third kappa shape index (κ3) is 6.41. The van der Waals surface area contributed by atoms with E-state index in [0.29, 0.717) is 34.7 Å². The number of ether oxygens (including phenoxy) is 3. The van der Waals surface area contributed by atoms with E-state index in [0.717, 1.165) is 26.0 Å². The van der Waals surface area contributed by atoms with Crippen LogP contribution < -0.4 is 19.6 Å². The minimum absolute atomic E-state index is 0.302. The van der Waals surface area contributed by atoms with Crippen molar-refractivity contribution in [2.45, 2.75) is 13.2 Å². The molecule has 0 radical (unpaired) electrons. The number of hydrogen-bond acceptors (Lipinski definition) is 5. The van der Waals surface area contributed by atoms with Gasteiger partial charge in [0.15, 0.2) is 11.5 Å². The summed E-state index contributed by atoms with van der Waals surface area (Å²) >= 11 is 14.4. The zero-order chi connectivity index (χ0) is 22.2. The molecule has 3 aromatic rings.